The quantitative estimate of drug-likeness (QED) is 0.838. The Balaban J connectivity index is 2.66. The molecule has 0 aliphatic heterocycles. The third-order valence-corrected chi connectivity index (χ3v) is 6.24. The van der Waals surface area contributed by atoms with Crippen LogP contribution in [0.4, 0.5) is 5.69 Å². The van der Waals surface area contributed by atoms with Gasteiger partial charge in [0.05, 0.1) is 10.6 Å². The van der Waals surface area contributed by atoms with Gasteiger partial charge in [-0.15, -0.1) is 0 Å². The Hall–Kier alpha value is -1.81. The predicted molar refractivity (Wildman–Crippen MR) is 96.9 cm³/mol. The number of sulfonamides is 1. The molecule has 2 aromatic rings. The first-order valence-electron chi connectivity index (χ1n) is 7.70. The van der Waals surface area contributed by atoms with E-state index in [1.165, 1.54) is 4.31 Å². The Morgan fingerprint density at radius 2 is 1.04 bits per heavy atom. The highest BCUT2D eigenvalue weighted by molar-refractivity contribution is 7.93. The molecule has 0 saturated heterocycles. The van der Waals surface area contributed by atoms with Gasteiger partial charge in [-0.25, -0.2) is 8.42 Å². The molecule has 2 rings (SSSR count). The van der Waals surface area contributed by atoms with E-state index >= 15 is 0 Å². The van der Waals surface area contributed by atoms with Crippen LogP contribution in [0.25, 0.3) is 0 Å². The number of nitrogens with zero attached hydrogens (tertiary/aromatic N) is 1. The van der Waals surface area contributed by atoms with Gasteiger partial charge in [0, 0.05) is 7.05 Å². The summed E-state index contributed by atoms with van der Waals surface area (Å²) in [7, 11) is -1.96. The fourth-order valence-electron chi connectivity index (χ4n) is 3.50. The van der Waals surface area contributed by atoms with Crippen LogP contribution in [0.3, 0.4) is 0 Å². The summed E-state index contributed by atoms with van der Waals surface area (Å²) >= 11 is 0. The summed E-state index contributed by atoms with van der Waals surface area (Å²) in [6.45, 7) is 11.6. The first-order chi connectivity index (χ1) is 10.6. The number of benzene rings is 2. The van der Waals surface area contributed by atoms with E-state index in [0.29, 0.717) is 4.90 Å². The van der Waals surface area contributed by atoms with Gasteiger partial charge in [0.2, 0.25) is 0 Å². The molecule has 0 saturated carbocycles. The van der Waals surface area contributed by atoms with E-state index in [2.05, 4.69) is 0 Å². The van der Waals surface area contributed by atoms with Crippen molar-refractivity contribution < 1.29 is 8.42 Å². The van der Waals surface area contributed by atoms with Gasteiger partial charge in [-0.05, 0) is 63.8 Å². The maximum Gasteiger partial charge on any atom is 0.264 e. The molecule has 0 spiro atoms. The van der Waals surface area contributed by atoms with E-state index in [4.69, 9.17) is 0 Å². The molecule has 124 valence electrons. The SMILES string of the molecule is Cc1cc(C)c(N(C)S(=O)(=O)c2c(C)cc(C)cc2C)c(C)c1. The lowest BCUT2D eigenvalue weighted by molar-refractivity contribution is 0.593. The van der Waals surface area contributed by atoms with Crippen molar-refractivity contribution in [3.63, 3.8) is 0 Å². The van der Waals surface area contributed by atoms with Gasteiger partial charge in [-0.2, -0.15) is 0 Å². The van der Waals surface area contributed by atoms with Gasteiger partial charge in [-0.1, -0.05) is 35.4 Å². The van der Waals surface area contributed by atoms with Gasteiger partial charge in [0.25, 0.3) is 10.0 Å². The smallest absolute Gasteiger partial charge is 0.264 e. The van der Waals surface area contributed by atoms with Gasteiger partial charge in [0.15, 0.2) is 0 Å². The van der Waals surface area contributed by atoms with Crippen LogP contribution in [0.2, 0.25) is 0 Å². The highest BCUT2D eigenvalue weighted by atomic mass is 32.2. The first-order valence-corrected chi connectivity index (χ1v) is 9.14. The molecule has 0 aliphatic carbocycles. The molecule has 0 amide bonds. The molecular formula is C19H25NO2S. The highest BCUT2D eigenvalue weighted by Gasteiger charge is 2.27. The van der Waals surface area contributed by atoms with E-state index in [1.807, 2.05) is 65.8 Å². The van der Waals surface area contributed by atoms with Crippen molar-refractivity contribution in [1.29, 1.82) is 0 Å². The first kappa shape index (κ1) is 17.5. The maximum atomic E-state index is 13.2. The van der Waals surface area contributed by atoms with Crippen molar-refractivity contribution in [1.82, 2.24) is 0 Å². The maximum absolute atomic E-state index is 13.2. The zero-order valence-corrected chi connectivity index (χ0v) is 15.8. The van der Waals surface area contributed by atoms with Crippen molar-refractivity contribution in [2.45, 2.75) is 46.4 Å². The summed E-state index contributed by atoms with van der Waals surface area (Å²) in [6, 6.07) is 7.87. The van der Waals surface area contributed by atoms with Crippen LogP contribution in [0.5, 0.6) is 0 Å². The molecule has 0 atom stereocenters. The lowest BCUT2D eigenvalue weighted by Gasteiger charge is -2.25. The number of rotatable bonds is 3. The van der Waals surface area contributed by atoms with Crippen LogP contribution in [0, 0.1) is 41.5 Å². The third-order valence-electron chi connectivity index (χ3n) is 4.17. The van der Waals surface area contributed by atoms with Gasteiger partial charge in [-0.3, -0.25) is 4.31 Å². The molecule has 0 heterocycles. The minimum atomic E-state index is -3.59. The van der Waals surface area contributed by atoms with Gasteiger partial charge in [0.1, 0.15) is 0 Å². The number of hydrogen-bond acceptors (Lipinski definition) is 2. The number of aryl methyl sites for hydroxylation is 6. The number of hydrogen-bond donors (Lipinski definition) is 0. The highest BCUT2D eigenvalue weighted by Crippen LogP contribution is 2.32. The molecule has 3 nitrogen and oxygen atoms in total. The van der Waals surface area contributed by atoms with E-state index in [-0.39, 0.29) is 0 Å². The van der Waals surface area contributed by atoms with Gasteiger partial charge < -0.3 is 0 Å². The summed E-state index contributed by atoms with van der Waals surface area (Å²) < 4.78 is 27.8. The van der Waals surface area contributed by atoms with Crippen molar-refractivity contribution in [2.24, 2.45) is 0 Å². The third kappa shape index (κ3) is 3.13. The van der Waals surface area contributed by atoms with E-state index in [9.17, 15) is 8.42 Å². The van der Waals surface area contributed by atoms with Crippen LogP contribution in [0.1, 0.15) is 33.4 Å². The molecule has 0 bridgehead atoms. The molecule has 2 aromatic carbocycles. The Labute approximate surface area is 140 Å². The Morgan fingerprint density at radius 3 is 1.43 bits per heavy atom. The van der Waals surface area contributed by atoms with Crippen molar-refractivity contribution >= 4 is 15.7 Å². The van der Waals surface area contributed by atoms with Crippen molar-refractivity contribution in [3.05, 3.63) is 57.6 Å². The zero-order chi connectivity index (χ0) is 17.5. The zero-order valence-electron chi connectivity index (χ0n) is 15.0. The molecule has 4 heteroatoms. The lowest BCUT2D eigenvalue weighted by Crippen LogP contribution is -2.29. The molecular weight excluding hydrogens is 306 g/mol. The Kier molecular flexibility index (Phi) is 4.58. The van der Waals surface area contributed by atoms with Crippen LogP contribution >= 0.6 is 0 Å². The molecule has 23 heavy (non-hydrogen) atoms. The Bertz CT molecular complexity index is 821. The van der Waals surface area contributed by atoms with E-state index < -0.39 is 10.0 Å². The fourth-order valence-corrected chi connectivity index (χ4v) is 5.23. The molecule has 0 aromatic heterocycles. The van der Waals surface area contributed by atoms with Crippen LogP contribution in [-0.4, -0.2) is 15.5 Å². The largest absolute Gasteiger partial charge is 0.269 e. The summed E-state index contributed by atoms with van der Waals surface area (Å²) in [5.74, 6) is 0. The minimum absolute atomic E-state index is 0.407. The lowest BCUT2D eigenvalue weighted by atomic mass is 10.1. The standard InChI is InChI=1S/C19H25NO2S/c1-12-8-14(3)18(15(4)9-12)20(7)23(21,22)19-16(5)10-13(2)11-17(19)6/h8-11H,1-7H3. The summed E-state index contributed by atoms with van der Waals surface area (Å²) in [5.41, 5.74) is 6.48. The van der Waals surface area contributed by atoms with Gasteiger partial charge >= 0.3 is 0 Å². The Morgan fingerprint density at radius 1 is 0.696 bits per heavy atom. The second kappa shape index (κ2) is 6.00. The average Bonchev–Trinajstić information content (AvgIpc) is 2.35. The molecule has 0 radical (unpaired) electrons. The summed E-state index contributed by atoms with van der Waals surface area (Å²) in [4.78, 5) is 0.407. The molecule has 0 aliphatic rings. The summed E-state index contributed by atoms with van der Waals surface area (Å²) in [5, 5.41) is 0. The van der Waals surface area contributed by atoms with Crippen molar-refractivity contribution in [2.75, 3.05) is 11.4 Å². The predicted octanol–water partition coefficient (Wildman–Crippen LogP) is 4.36. The average molecular weight is 331 g/mol. The summed E-state index contributed by atoms with van der Waals surface area (Å²) in [6.07, 6.45) is 0. The van der Waals surface area contributed by atoms with E-state index in [0.717, 1.165) is 39.1 Å². The number of anilines is 1. The van der Waals surface area contributed by atoms with Crippen LogP contribution in [0.15, 0.2) is 29.2 Å². The monoisotopic (exact) mass is 331 g/mol. The minimum Gasteiger partial charge on any atom is -0.269 e. The second-order valence-corrected chi connectivity index (χ2v) is 8.35. The topological polar surface area (TPSA) is 37.4 Å². The van der Waals surface area contributed by atoms with Crippen LogP contribution in [-0.2, 0) is 10.0 Å². The fraction of sp³-hybridized carbons (Fsp3) is 0.368. The molecule has 0 unspecified atom stereocenters. The normalized spacial score (nSPS) is 11.6. The second-order valence-electron chi connectivity index (χ2n) is 6.45. The molecule has 0 N–H and O–H groups in total. The van der Waals surface area contributed by atoms with E-state index in [1.54, 1.807) is 7.05 Å². The van der Waals surface area contributed by atoms with Crippen molar-refractivity contribution in [3.8, 4) is 0 Å². The molecule has 0 fully saturated rings. The van der Waals surface area contributed by atoms with Crippen LogP contribution < -0.4 is 4.31 Å².